The Balaban J connectivity index is 3.26. The minimum Gasteiger partial charge on any atom is -0.443 e. The molecule has 2 amide bonds. The fraction of sp³-hybridized carbons (Fsp3) is 0.571. The molecule has 7 heteroatoms. The highest BCUT2D eigenvalue weighted by atomic mass is 16.6. The van der Waals surface area contributed by atoms with Crippen molar-refractivity contribution in [3.63, 3.8) is 0 Å². The number of nitrogens with zero attached hydrogens (tertiary/aromatic N) is 2. The number of hydrogen-bond donors (Lipinski definition) is 1. The van der Waals surface area contributed by atoms with Crippen molar-refractivity contribution in [2.75, 3.05) is 11.5 Å². The van der Waals surface area contributed by atoms with Crippen molar-refractivity contribution in [3.8, 4) is 11.8 Å². The molecule has 28 heavy (non-hydrogen) atoms. The summed E-state index contributed by atoms with van der Waals surface area (Å²) in [6.45, 7) is 10.4. The zero-order chi connectivity index (χ0) is 21.4. The van der Waals surface area contributed by atoms with Crippen molar-refractivity contribution in [3.05, 3.63) is 24.0 Å². The van der Waals surface area contributed by atoms with E-state index < -0.39 is 23.4 Å². The summed E-state index contributed by atoms with van der Waals surface area (Å²) >= 11 is 0. The third-order valence-electron chi connectivity index (χ3n) is 3.12. The SMILES string of the molecule is CC(C)(C)OC(=O)N(C(=O)OC(C)(C)C)c1ccncc1C#CCCCCO. The standard InChI is InChI=1S/C21H30N2O5/c1-20(2,3)27-18(25)23(19(26)28-21(4,5)6)17-12-13-22-15-16(17)11-9-7-8-10-14-24/h12-13,15,24H,7-8,10,14H2,1-6H3. The van der Waals surface area contributed by atoms with Crippen LogP contribution in [-0.2, 0) is 9.47 Å². The molecule has 154 valence electrons. The van der Waals surface area contributed by atoms with E-state index in [1.54, 1.807) is 41.5 Å². The molecule has 0 spiro atoms. The Hall–Kier alpha value is -2.59. The van der Waals surface area contributed by atoms with Crippen molar-refractivity contribution < 1.29 is 24.2 Å². The topological polar surface area (TPSA) is 89.0 Å². The normalized spacial score (nSPS) is 11.2. The summed E-state index contributed by atoms with van der Waals surface area (Å²) < 4.78 is 10.8. The molecule has 1 rings (SSSR count). The fourth-order valence-corrected chi connectivity index (χ4v) is 2.05. The Morgan fingerprint density at radius 1 is 1.07 bits per heavy atom. The molecular formula is C21H30N2O5. The number of aromatic nitrogens is 1. The van der Waals surface area contributed by atoms with Crippen LogP contribution in [-0.4, -0.2) is 40.1 Å². The number of amides is 2. The molecule has 7 nitrogen and oxygen atoms in total. The molecule has 0 radical (unpaired) electrons. The Labute approximate surface area is 167 Å². The molecule has 0 aromatic carbocycles. The van der Waals surface area contributed by atoms with E-state index in [1.165, 1.54) is 18.5 Å². The fourth-order valence-electron chi connectivity index (χ4n) is 2.05. The van der Waals surface area contributed by atoms with Crippen molar-refractivity contribution in [2.45, 2.75) is 72.0 Å². The summed E-state index contributed by atoms with van der Waals surface area (Å²) in [4.78, 5) is 30.4. The second-order valence-electron chi connectivity index (χ2n) is 8.17. The van der Waals surface area contributed by atoms with Gasteiger partial charge in [-0.3, -0.25) is 4.98 Å². The molecule has 0 saturated carbocycles. The third kappa shape index (κ3) is 8.40. The molecule has 0 aliphatic rings. The van der Waals surface area contributed by atoms with Crippen LogP contribution in [0.25, 0.3) is 0 Å². The van der Waals surface area contributed by atoms with Gasteiger partial charge in [0.1, 0.15) is 11.2 Å². The number of hydrogen-bond acceptors (Lipinski definition) is 6. The molecule has 1 aromatic rings. The average molecular weight is 390 g/mol. The van der Waals surface area contributed by atoms with E-state index in [0.29, 0.717) is 18.4 Å². The van der Waals surface area contributed by atoms with Gasteiger partial charge in [-0.2, -0.15) is 4.90 Å². The Morgan fingerprint density at radius 2 is 1.64 bits per heavy atom. The predicted molar refractivity (Wildman–Crippen MR) is 107 cm³/mol. The van der Waals surface area contributed by atoms with Gasteiger partial charge in [-0.15, -0.1) is 0 Å². The van der Waals surface area contributed by atoms with E-state index in [1.807, 2.05) is 0 Å². The van der Waals surface area contributed by atoms with Gasteiger partial charge >= 0.3 is 12.2 Å². The zero-order valence-electron chi connectivity index (χ0n) is 17.5. The van der Waals surface area contributed by atoms with Crippen LogP contribution in [0.15, 0.2) is 18.5 Å². The van der Waals surface area contributed by atoms with Crippen molar-refractivity contribution in [2.24, 2.45) is 0 Å². The summed E-state index contributed by atoms with van der Waals surface area (Å²) in [5.41, 5.74) is -0.933. The summed E-state index contributed by atoms with van der Waals surface area (Å²) in [7, 11) is 0. The first kappa shape index (κ1) is 23.4. The lowest BCUT2D eigenvalue weighted by Gasteiger charge is -2.29. The second-order valence-corrected chi connectivity index (χ2v) is 8.17. The summed E-state index contributed by atoms with van der Waals surface area (Å²) in [6, 6.07) is 1.52. The third-order valence-corrected chi connectivity index (χ3v) is 3.12. The zero-order valence-corrected chi connectivity index (χ0v) is 17.5. The van der Waals surface area contributed by atoms with Gasteiger partial charge < -0.3 is 14.6 Å². The van der Waals surface area contributed by atoms with Crippen LogP contribution in [0.5, 0.6) is 0 Å². The van der Waals surface area contributed by atoms with E-state index in [2.05, 4.69) is 16.8 Å². The van der Waals surface area contributed by atoms with Crippen LogP contribution in [0.2, 0.25) is 0 Å². The van der Waals surface area contributed by atoms with Gasteiger partial charge in [-0.05, 0) is 60.5 Å². The van der Waals surface area contributed by atoms with Gasteiger partial charge in [0.2, 0.25) is 0 Å². The first-order valence-corrected chi connectivity index (χ1v) is 9.24. The van der Waals surface area contributed by atoms with Crippen LogP contribution in [0.1, 0.15) is 66.4 Å². The number of anilines is 1. The summed E-state index contributed by atoms with van der Waals surface area (Å²) in [6.07, 6.45) is 3.24. The first-order chi connectivity index (χ1) is 12.9. The van der Waals surface area contributed by atoms with E-state index in [-0.39, 0.29) is 12.3 Å². The Kier molecular flexibility index (Phi) is 8.45. The number of imide groups is 1. The van der Waals surface area contributed by atoms with Crippen LogP contribution in [0, 0.1) is 11.8 Å². The van der Waals surface area contributed by atoms with Gasteiger partial charge in [0.05, 0.1) is 11.3 Å². The monoisotopic (exact) mass is 390 g/mol. The van der Waals surface area contributed by atoms with Gasteiger partial charge in [-0.25, -0.2) is 9.59 Å². The number of aliphatic hydroxyl groups excluding tert-OH is 1. The number of unbranched alkanes of at least 4 members (excludes halogenated alkanes) is 2. The lowest BCUT2D eigenvalue weighted by atomic mass is 10.2. The average Bonchev–Trinajstić information content (AvgIpc) is 2.52. The van der Waals surface area contributed by atoms with Gasteiger partial charge in [-0.1, -0.05) is 11.8 Å². The van der Waals surface area contributed by atoms with Crippen molar-refractivity contribution >= 4 is 17.9 Å². The second kappa shape index (κ2) is 10.1. The Morgan fingerprint density at radius 3 is 2.14 bits per heavy atom. The van der Waals surface area contributed by atoms with Crippen molar-refractivity contribution in [1.82, 2.24) is 4.98 Å². The van der Waals surface area contributed by atoms with Gasteiger partial charge in [0.15, 0.2) is 0 Å². The molecule has 1 N–H and O–H groups in total. The molecule has 1 aromatic heterocycles. The maximum absolute atomic E-state index is 12.8. The highest BCUT2D eigenvalue weighted by Gasteiger charge is 2.33. The maximum Gasteiger partial charge on any atom is 0.424 e. The van der Waals surface area contributed by atoms with Crippen LogP contribution >= 0.6 is 0 Å². The molecule has 1 heterocycles. The van der Waals surface area contributed by atoms with E-state index in [4.69, 9.17) is 14.6 Å². The smallest absolute Gasteiger partial charge is 0.424 e. The highest BCUT2D eigenvalue weighted by molar-refractivity contribution is 6.10. The molecule has 0 saturated heterocycles. The minimum atomic E-state index is -0.851. The molecule has 0 bridgehead atoms. The van der Waals surface area contributed by atoms with E-state index in [9.17, 15) is 9.59 Å². The van der Waals surface area contributed by atoms with E-state index in [0.717, 1.165) is 11.3 Å². The van der Waals surface area contributed by atoms with Gasteiger partial charge in [0, 0.05) is 25.4 Å². The minimum absolute atomic E-state index is 0.116. The number of carbonyl (C=O) groups is 2. The molecule has 0 atom stereocenters. The molecule has 0 unspecified atom stereocenters. The number of aliphatic hydroxyl groups is 1. The number of rotatable bonds is 4. The number of pyridine rings is 1. The number of ether oxygens (including phenoxy) is 2. The van der Waals surface area contributed by atoms with E-state index >= 15 is 0 Å². The molecule has 0 aliphatic carbocycles. The van der Waals surface area contributed by atoms with Crippen LogP contribution in [0.4, 0.5) is 15.3 Å². The molecular weight excluding hydrogens is 360 g/mol. The maximum atomic E-state index is 12.8. The first-order valence-electron chi connectivity index (χ1n) is 9.24. The van der Waals surface area contributed by atoms with Crippen LogP contribution < -0.4 is 4.90 Å². The molecule has 0 aliphatic heterocycles. The lowest BCUT2D eigenvalue weighted by molar-refractivity contribution is 0.0430. The van der Waals surface area contributed by atoms with Crippen LogP contribution in [0.3, 0.4) is 0 Å². The largest absolute Gasteiger partial charge is 0.443 e. The van der Waals surface area contributed by atoms with Gasteiger partial charge in [0.25, 0.3) is 0 Å². The predicted octanol–water partition coefficient (Wildman–Crippen LogP) is 4.27. The Bertz CT molecular complexity index is 708. The quantitative estimate of drug-likeness (QED) is 0.610. The summed E-state index contributed by atoms with van der Waals surface area (Å²) in [5.74, 6) is 5.91. The van der Waals surface area contributed by atoms with Crippen molar-refractivity contribution in [1.29, 1.82) is 0 Å². The lowest BCUT2D eigenvalue weighted by Crippen LogP contribution is -2.44. The molecule has 0 fully saturated rings. The highest BCUT2D eigenvalue weighted by Crippen LogP contribution is 2.24. The summed E-state index contributed by atoms with van der Waals surface area (Å²) in [5, 5.41) is 8.84. The number of carbonyl (C=O) groups excluding carboxylic acids is 2.